The van der Waals surface area contributed by atoms with Crippen molar-refractivity contribution in [2.75, 3.05) is 0 Å². The van der Waals surface area contributed by atoms with E-state index in [2.05, 4.69) is 6.58 Å². The normalized spacial score (nSPS) is 24.9. The molecular weight excluding hydrogens is 203 g/mol. The van der Waals surface area contributed by atoms with E-state index in [1.807, 2.05) is 27.7 Å². The lowest BCUT2D eigenvalue weighted by Gasteiger charge is -2.32. The van der Waals surface area contributed by atoms with Gasteiger partial charge in [-0.1, -0.05) is 18.1 Å². The van der Waals surface area contributed by atoms with Gasteiger partial charge in [0.15, 0.2) is 0 Å². The van der Waals surface area contributed by atoms with Crippen LogP contribution in [0.4, 0.5) is 0 Å². The highest BCUT2D eigenvalue weighted by atomic mass is 16.7. The third kappa shape index (κ3) is 2.97. The summed E-state index contributed by atoms with van der Waals surface area (Å²) in [4.78, 5) is 0. The summed E-state index contributed by atoms with van der Waals surface area (Å²) in [5, 5.41) is 9.50. The predicted octanol–water partition coefficient (Wildman–Crippen LogP) is 2.11. The zero-order valence-corrected chi connectivity index (χ0v) is 10.6. The SMILES string of the molecule is C=CCC(O)/C=C/B1OC(C)(C)C(C)(C)O1. The van der Waals surface area contributed by atoms with Crippen LogP contribution in [0.15, 0.2) is 24.7 Å². The number of hydrogen-bond donors (Lipinski definition) is 1. The van der Waals surface area contributed by atoms with Crippen LogP contribution in [0.3, 0.4) is 0 Å². The Labute approximate surface area is 98.3 Å². The second-order valence-corrected chi connectivity index (χ2v) is 5.10. The van der Waals surface area contributed by atoms with Crippen molar-refractivity contribution in [2.24, 2.45) is 0 Å². The number of aliphatic hydroxyl groups excluding tert-OH is 1. The Balaban J connectivity index is 2.57. The van der Waals surface area contributed by atoms with Crippen molar-refractivity contribution in [3.63, 3.8) is 0 Å². The highest BCUT2D eigenvalue weighted by molar-refractivity contribution is 6.51. The van der Waals surface area contributed by atoms with Gasteiger partial charge >= 0.3 is 7.12 Å². The highest BCUT2D eigenvalue weighted by Crippen LogP contribution is 2.36. The minimum absolute atomic E-state index is 0.328. The Hall–Kier alpha value is -0.575. The van der Waals surface area contributed by atoms with Gasteiger partial charge in [-0.15, -0.1) is 6.58 Å². The van der Waals surface area contributed by atoms with E-state index < -0.39 is 6.10 Å². The van der Waals surface area contributed by atoms with Crippen molar-refractivity contribution in [2.45, 2.75) is 51.4 Å². The van der Waals surface area contributed by atoms with E-state index in [9.17, 15) is 5.11 Å². The number of rotatable bonds is 4. The molecule has 1 atom stereocenters. The van der Waals surface area contributed by atoms with Crippen LogP contribution in [0.1, 0.15) is 34.1 Å². The molecule has 1 N–H and O–H groups in total. The zero-order chi connectivity index (χ0) is 12.4. The van der Waals surface area contributed by atoms with Crippen LogP contribution in [0.2, 0.25) is 0 Å². The molecule has 0 aliphatic carbocycles. The van der Waals surface area contributed by atoms with E-state index in [4.69, 9.17) is 9.31 Å². The molecule has 0 aromatic heterocycles. The molecule has 0 spiro atoms. The maximum absolute atomic E-state index is 9.50. The van der Waals surface area contributed by atoms with Crippen LogP contribution in [-0.4, -0.2) is 29.5 Å². The molecule has 0 aromatic carbocycles. The van der Waals surface area contributed by atoms with E-state index in [0.29, 0.717) is 6.42 Å². The van der Waals surface area contributed by atoms with Crippen molar-refractivity contribution >= 4 is 7.12 Å². The first-order valence-corrected chi connectivity index (χ1v) is 5.61. The number of aliphatic hydroxyl groups is 1. The summed E-state index contributed by atoms with van der Waals surface area (Å²) < 4.78 is 11.5. The van der Waals surface area contributed by atoms with Crippen molar-refractivity contribution in [1.29, 1.82) is 0 Å². The van der Waals surface area contributed by atoms with E-state index in [1.165, 1.54) is 0 Å². The Morgan fingerprint density at radius 2 is 1.75 bits per heavy atom. The Kier molecular flexibility index (Phi) is 3.99. The molecule has 0 saturated carbocycles. The maximum Gasteiger partial charge on any atom is 0.486 e. The molecule has 1 rings (SSSR count). The van der Waals surface area contributed by atoms with Gasteiger partial charge in [0.05, 0.1) is 17.3 Å². The molecule has 3 nitrogen and oxygen atoms in total. The molecule has 1 aliphatic heterocycles. The summed E-state index contributed by atoms with van der Waals surface area (Å²) in [7, 11) is -0.385. The fourth-order valence-electron chi connectivity index (χ4n) is 1.44. The van der Waals surface area contributed by atoms with Crippen molar-refractivity contribution in [1.82, 2.24) is 0 Å². The van der Waals surface area contributed by atoms with E-state index in [-0.39, 0.29) is 18.3 Å². The minimum Gasteiger partial charge on any atom is -0.400 e. The van der Waals surface area contributed by atoms with Crippen molar-refractivity contribution < 1.29 is 14.4 Å². The molecule has 1 unspecified atom stereocenters. The topological polar surface area (TPSA) is 38.7 Å². The van der Waals surface area contributed by atoms with E-state index in [1.54, 1.807) is 18.1 Å². The second-order valence-electron chi connectivity index (χ2n) is 5.10. The molecule has 0 radical (unpaired) electrons. The van der Waals surface area contributed by atoms with Gasteiger partial charge < -0.3 is 14.4 Å². The molecule has 0 bridgehead atoms. The van der Waals surface area contributed by atoms with Gasteiger partial charge in [-0.2, -0.15) is 0 Å². The fourth-order valence-corrected chi connectivity index (χ4v) is 1.44. The third-order valence-electron chi connectivity index (χ3n) is 3.17. The maximum atomic E-state index is 9.50. The molecule has 4 heteroatoms. The summed E-state index contributed by atoms with van der Waals surface area (Å²) >= 11 is 0. The molecule has 1 heterocycles. The number of hydrogen-bond acceptors (Lipinski definition) is 3. The standard InChI is InChI=1S/C12H21BO3/c1-6-7-10(14)8-9-13-15-11(2,3)12(4,5)16-13/h6,8-10,14H,1,7H2,2-5H3/b9-8+. The van der Waals surface area contributed by atoms with E-state index >= 15 is 0 Å². The first-order chi connectivity index (χ1) is 7.28. The molecule has 0 aromatic rings. The smallest absolute Gasteiger partial charge is 0.400 e. The molecule has 16 heavy (non-hydrogen) atoms. The third-order valence-corrected chi connectivity index (χ3v) is 3.17. The second kappa shape index (κ2) is 4.74. The predicted molar refractivity (Wildman–Crippen MR) is 66.0 cm³/mol. The van der Waals surface area contributed by atoms with Crippen LogP contribution in [0.25, 0.3) is 0 Å². The van der Waals surface area contributed by atoms with Gasteiger partial charge in [0.1, 0.15) is 0 Å². The van der Waals surface area contributed by atoms with Crippen LogP contribution in [0, 0.1) is 0 Å². The highest BCUT2D eigenvalue weighted by Gasteiger charge is 2.49. The first-order valence-electron chi connectivity index (χ1n) is 5.61. The lowest BCUT2D eigenvalue weighted by atomic mass is 9.89. The monoisotopic (exact) mass is 224 g/mol. The molecule has 1 aliphatic rings. The van der Waals surface area contributed by atoms with Crippen LogP contribution in [-0.2, 0) is 9.31 Å². The molecule has 90 valence electrons. The average molecular weight is 224 g/mol. The summed E-state index contributed by atoms with van der Waals surface area (Å²) in [6, 6.07) is 0. The van der Waals surface area contributed by atoms with Crippen LogP contribution in [0.5, 0.6) is 0 Å². The minimum atomic E-state index is -0.517. The molecule has 0 amide bonds. The molecule has 1 fully saturated rings. The largest absolute Gasteiger partial charge is 0.486 e. The lowest BCUT2D eigenvalue weighted by Crippen LogP contribution is -2.41. The Morgan fingerprint density at radius 1 is 1.25 bits per heavy atom. The fraction of sp³-hybridized carbons (Fsp3) is 0.667. The summed E-state index contributed by atoms with van der Waals surface area (Å²) in [6.45, 7) is 11.6. The van der Waals surface area contributed by atoms with Crippen LogP contribution < -0.4 is 0 Å². The van der Waals surface area contributed by atoms with Crippen molar-refractivity contribution in [3.8, 4) is 0 Å². The zero-order valence-electron chi connectivity index (χ0n) is 10.6. The lowest BCUT2D eigenvalue weighted by molar-refractivity contribution is 0.00578. The van der Waals surface area contributed by atoms with Gasteiger partial charge in [0.25, 0.3) is 0 Å². The Bertz CT molecular complexity index is 268. The first kappa shape index (κ1) is 13.5. The summed E-state index contributed by atoms with van der Waals surface area (Å²) in [5.74, 6) is 1.75. The average Bonchev–Trinajstić information content (AvgIpc) is 2.33. The van der Waals surface area contributed by atoms with E-state index in [0.717, 1.165) is 0 Å². The van der Waals surface area contributed by atoms with Gasteiger partial charge in [-0.3, -0.25) is 0 Å². The van der Waals surface area contributed by atoms with Gasteiger partial charge in [-0.05, 0) is 34.1 Å². The molecular formula is C12H21BO3. The molecule has 1 saturated heterocycles. The van der Waals surface area contributed by atoms with Gasteiger partial charge in [0, 0.05) is 0 Å². The summed E-state index contributed by atoms with van der Waals surface area (Å²) in [5.41, 5.74) is -0.656. The van der Waals surface area contributed by atoms with Gasteiger partial charge in [0.2, 0.25) is 0 Å². The summed E-state index contributed by atoms with van der Waals surface area (Å²) in [6.07, 6.45) is 3.38. The quantitative estimate of drug-likeness (QED) is 0.587. The van der Waals surface area contributed by atoms with Crippen molar-refractivity contribution in [3.05, 3.63) is 24.7 Å². The van der Waals surface area contributed by atoms with Gasteiger partial charge in [-0.25, -0.2) is 0 Å². The van der Waals surface area contributed by atoms with Crippen LogP contribution >= 0.6 is 0 Å². The Morgan fingerprint density at radius 3 is 2.19 bits per heavy atom.